The first-order valence-corrected chi connectivity index (χ1v) is 9.44. The Morgan fingerprint density at radius 1 is 0.778 bits per heavy atom. The molecular formula is C23H24N2O2. The summed E-state index contributed by atoms with van der Waals surface area (Å²) in [5.41, 5.74) is 3.75. The highest BCUT2D eigenvalue weighted by atomic mass is 16.2. The fourth-order valence-corrected chi connectivity index (χ4v) is 4.43. The minimum Gasteiger partial charge on any atom is -0.326 e. The predicted octanol–water partition coefficient (Wildman–Crippen LogP) is 4.32. The van der Waals surface area contributed by atoms with Crippen LogP contribution in [0.5, 0.6) is 0 Å². The molecule has 138 valence electrons. The van der Waals surface area contributed by atoms with E-state index in [2.05, 4.69) is 22.8 Å². The van der Waals surface area contributed by atoms with Gasteiger partial charge in [-0.3, -0.25) is 9.59 Å². The number of benzene rings is 2. The summed E-state index contributed by atoms with van der Waals surface area (Å²) in [5.74, 6) is -0.527. The lowest BCUT2D eigenvalue weighted by molar-refractivity contribution is -0.129. The fourth-order valence-electron chi connectivity index (χ4n) is 4.43. The zero-order chi connectivity index (χ0) is 19.0. The summed E-state index contributed by atoms with van der Waals surface area (Å²) < 4.78 is 0. The van der Waals surface area contributed by atoms with Gasteiger partial charge in [0.2, 0.25) is 11.8 Å². The van der Waals surface area contributed by atoms with Crippen molar-refractivity contribution in [2.75, 3.05) is 10.6 Å². The number of fused-ring (bicyclic) bond motifs is 2. The monoisotopic (exact) mass is 360 g/mol. The van der Waals surface area contributed by atoms with Gasteiger partial charge in [-0.25, -0.2) is 0 Å². The van der Waals surface area contributed by atoms with Crippen molar-refractivity contribution in [3.05, 3.63) is 71.8 Å². The number of amides is 2. The van der Waals surface area contributed by atoms with E-state index in [0.29, 0.717) is 0 Å². The van der Waals surface area contributed by atoms with E-state index in [-0.39, 0.29) is 35.5 Å². The Kier molecular flexibility index (Phi) is 4.56. The van der Waals surface area contributed by atoms with Crippen LogP contribution in [0.3, 0.4) is 0 Å². The molecule has 2 aromatic carbocycles. The van der Waals surface area contributed by atoms with Gasteiger partial charge < -0.3 is 10.6 Å². The topological polar surface area (TPSA) is 58.2 Å². The summed E-state index contributed by atoms with van der Waals surface area (Å²) >= 11 is 0. The number of allylic oxidation sites excluding steroid dienone is 2. The second-order valence-corrected chi connectivity index (χ2v) is 7.72. The third kappa shape index (κ3) is 3.52. The first kappa shape index (κ1) is 17.5. The second-order valence-electron chi connectivity index (χ2n) is 7.72. The number of rotatable bonds is 4. The average Bonchev–Trinajstić information content (AvgIpc) is 3.23. The molecule has 1 fully saturated rings. The molecule has 4 rings (SSSR count). The number of carbonyl (C=O) groups is 2. The van der Waals surface area contributed by atoms with Crippen molar-refractivity contribution in [2.24, 2.45) is 23.7 Å². The van der Waals surface area contributed by atoms with Crippen molar-refractivity contribution in [1.29, 1.82) is 0 Å². The van der Waals surface area contributed by atoms with E-state index in [9.17, 15) is 9.59 Å². The van der Waals surface area contributed by atoms with Crippen molar-refractivity contribution in [2.45, 2.75) is 20.3 Å². The average molecular weight is 360 g/mol. The molecule has 4 nitrogen and oxygen atoms in total. The highest BCUT2D eigenvalue weighted by molar-refractivity contribution is 6.01. The molecule has 4 heteroatoms. The third-order valence-electron chi connectivity index (χ3n) is 5.64. The molecule has 2 aromatic rings. The molecule has 4 atom stereocenters. The van der Waals surface area contributed by atoms with E-state index in [1.165, 1.54) is 0 Å². The van der Waals surface area contributed by atoms with Gasteiger partial charge in [0.05, 0.1) is 11.8 Å². The van der Waals surface area contributed by atoms with Crippen molar-refractivity contribution in [1.82, 2.24) is 0 Å². The van der Waals surface area contributed by atoms with Gasteiger partial charge in [-0.1, -0.05) is 36.4 Å². The Bertz CT molecular complexity index is 845. The fraction of sp³-hybridized carbons (Fsp3) is 0.304. The van der Waals surface area contributed by atoms with Gasteiger partial charge >= 0.3 is 0 Å². The molecule has 2 aliphatic rings. The minimum absolute atomic E-state index is 0.0677. The van der Waals surface area contributed by atoms with Gasteiger partial charge in [0.1, 0.15) is 0 Å². The molecule has 1 saturated carbocycles. The van der Waals surface area contributed by atoms with Crippen LogP contribution in [0.25, 0.3) is 0 Å². The number of carbonyl (C=O) groups excluding carboxylic acids is 2. The highest BCUT2D eigenvalue weighted by Gasteiger charge is 2.51. The van der Waals surface area contributed by atoms with E-state index in [1.54, 1.807) is 0 Å². The summed E-state index contributed by atoms with van der Waals surface area (Å²) in [6, 6.07) is 15.5. The second kappa shape index (κ2) is 7.03. The summed E-state index contributed by atoms with van der Waals surface area (Å²) in [6.07, 6.45) is 5.07. The van der Waals surface area contributed by atoms with E-state index < -0.39 is 0 Å². The maximum Gasteiger partial charge on any atom is 0.228 e. The molecule has 2 N–H and O–H groups in total. The van der Waals surface area contributed by atoms with Crippen molar-refractivity contribution in [3.63, 3.8) is 0 Å². The SMILES string of the molecule is Cc1cccc(NC(=O)[C@@H]2[C@@H](C(=O)Nc3cccc(C)c3)[C@H]3C=C[C@@H]2C3)c1. The lowest BCUT2D eigenvalue weighted by Crippen LogP contribution is -2.39. The molecule has 0 heterocycles. The molecule has 0 saturated heterocycles. The van der Waals surface area contributed by atoms with Crippen molar-refractivity contribution in [3.8, 4) is 0 Å². The molecular weight excluding hydrogens is 336 g/mol. The Labute approximate surface area is 159 Å². The van der Waals surface area contributed by atoms with Gasteiger partial charge in [0.15, 0.2) is 0 Å². The van der Waals surface area contributed by atoms with Crippen LogP contribution < -0.4 is 10.6 Å². The van der Waals surface area contributed by atoms with Crippen LogP contribution in [0, 0.1) is 37.5 Å². The standard InChI is InChI=1S/C23H24N2O2/c1-14-5-3-7-18(11-14)24-22(26)20-16-9-10-17(13-16)21(20)23(27)25-19-8-4-6-15(2)12-19/h3-12,16-17,20-21H,13H2,1-2H3,(H,24,26)(H,25,27)/t16-,17+,20-,21-/m0/s1. The molecule has 2 bridgehead atoms. The van der Waals surface area contributed by atoms with Gasteiger partial charge in [0, 0.05) is 11.4 Å². The smallest absolute Gasteiger partial charge is 0.228 e. The molecule has 0 spiro atoms. The summed E-state index contributed by atoms with van der Waals surface area (Å²) in [5, 5.41) is 6.03. The van der Waals surface area contributed by atoms with Crippen LogP contribution in [-0.4, -0.2) is 11.8 Å². The molecule has 2 aliphatic carbocycles. The number of aryl methyl sites for hydroxylation is 2. The Morgan fingerprint density at radius 2 is 1.22 bits per heavy atom. The van der Waals surface area contributed by atoms with Crippen LogP contribution >= 0.6 is 0 Å². The van der Waals surface area contributed by atoms with Gasteiger partial charge in [0.25, 0.3) is 0 Å². The number of anilines is 2. The third-order valence-corrected chi connectivity index (χ3v) is 5.64. The lowest BCUT2D eigenvalue weighted by atomic mass is 9.81. The van der Waals surface area contributed by atoms with Gasteiger partial charge in [-0.2, -0.15) is 0 Å². The predicted molar refractivity (Wildman–Crippen MR) is 107 cm³/mol. The summed E-state index contributed by atoms with van der Waals surface area (Å²) in [6.45, 7) is 3.99. The van der Waals surface area contributed by atoms with E-state index in [0.717, 1.165) is 28.9 Å². The zero-order valence-electron chi connectivity index (χ0n) is 15.6. The van der Waals surface area contributed by atoms with E-state index in [4.69, 9.17) is 0 Å². The van der Waals surface area contributed by atoms with Crippen LogP contribution in [0.2, 0.25) is 0 Å². The van der Waals surface area contributed by atoms with E-state index in [1.807, 2.05) is 62.4 Å². The Balaban J connectivity index is 1.53. The summed E-state index contributed by atoms with van der Waals surface area (Å²) in [7, 11) is 0. The molecule has 0 radical (unpaired) electrons. The minimum atomic E-state index is -0.328. The van der Waals surface area contributed by atoms with Crippen molar-refractivity contribution >= 4 is 23.2 Å². The Morgan fingerprint density at radius 3 is 1.63 bits per heavy atom. The van der Waals surface area contributed by atoms with Crippen molar-refractivity contribution < 1.29 is 9.59 Å². The van der Waals surface area contributed by atoms with E-state index >= 15 is 0 Å². The molecule has 0 unspecified atom stereocenters. The van der Waals surface area contributed by atoms with Crippen LogP contribution in [0.1, 0.15) is 17.5 Å². The highest BCUT2D eigenvalue weighted by Crippen LogP contribution is 2.48. The lowest BCUT2D eigenvalue weighted by Gasteiger charge is -2.26. The normalized spacial score (nSPS) is 25.4. The van der Waals surface area contributed by atoms with Gasteiger partial charge in [-0.05, 0) is 67.5 Å². The molecule has 27 heavy (non-hydrogen) atoms. The number of hydrogen-bond acceptors (Lipinski definition) is 2. The van der Waals surface area contributed by atoms with Crippen LogP contribution in [0.4, 0.5) is 11.4 Å². The molecule has 0 aliphatic heterocycles. The maximum absolute atomic E-state index is 13.0. The summed E-state index contributed by atoms with van der Waals surface area (Å²) in [4.78, 5) is 26.0. The molecule has 2 amide bonds. The number of hydrogen-bond donors (Lipinski definition) is 2. The van der Waals surface area contributed by atoms with Crippen LogP contribution in [-0.2, 0) is 9.59 Å². The van der Waals surface area contributed by atoms with Gasteiger partial charge in [-0.15, -0.1) is 0 Å². The van der Waals surface area contributed by atoms with Crippen LogP contribution in [0.15, 0.2) is 60.7 Å². The first-order valence-electron chi connectivity index (χ1n) is 9.44. The largest absolute Gasteiger partial charge is 0.326 e. The quantitative estimate of drug-likeness (QED) is 0.798. The number of nitrogens with one attached hydrogen (secondary N) is 2. The zero-order valence-corrected chi connectivity index (χ0v) is 15.6. The first-order chi connectivity index (χ1) is 13.0. The Hall–Kier alpha value is -2.88. The maximum atomic E-state index is 13.0. The molecule has 0 aromatic heterocycles.